The van der Waals surface area contributed by atoms with Gasteiger partial charge in [-0.3, -0.25) is 13.9 Å². The third kappa shape index (κ3) is 8.33. The van der Waals surface area contributed by atoms with Gasteiger partial charge in [0.15, 0.2) is 0 Å². The summed E-state index contributed by atoms with van der Waals surface area (Å²) in [6, 6.07) is 18.2. The molecule has 0 aromatic heterocycles. The highest BCUT2D eigenvalue weighted by molar-refractivity contribution is 9.10. The molecule has 3 aromatic rings. The second-order valence-corrected chi connectivity index (χ2v) is 12.7. The number of halogens is 1. The lowest BCUT2D eigenvalue weighted by atomic mass is 10.1. The molecule has 0 radical (unpaired) electrons. The average Bonchev–Trinajstić information content (AvgIpc) is 2.94. The Morgan fingerprint density at radius 1 is 1.00 bits per heavy atom. The van der Waals surface area contributed by atoms with Gasteiger partial charge >= 0.3 is 0 Å². The highest BCUT2D eigenvalue weighted by atomic mass is 79.9. The number of benzene rings is 3. The van der Waals surface area contributed by atoms with Crippen molar-refractivity contribution in [1.29, 1.82) is 0 Å². The van der Waals surface area contributed by atoms with Crippen molar-refractivity contribution in [2.45, 2.75) is 58.0 Å². The summed E-state index contributed by atoms with van der Waals surface area (Å²) in [5.74, 6) is -0.307. The lowest BCUT2D eigenvalue weighted by Crippen LogP contribution is -2.51. The average molecular weight is 645 g/mol. The Balaban J connectivity index is 2.02. The number of anilines is 1. The first-order chi connectivity index (χ1) is 19.5. The summed E-state index contributed by atoms with van der Waals surface area (Å²) in [5, 5.41) is 2.90. The quantitative estimate of drug-likeness (QED) is 0.245. The molecule has 0 aliphatic rings. The van der Waals surface area contributed by atoms with Gasteiger partial charge in [-0.15, -0.1) is 0 Å². The van der Waals surface area contributed by atoms with Gasteiger partial charge in [0.1, 0.15) is 18.3 Å². The third-order valence-corrected chi connectivity index (χ3v) is 9.13. The summed E-state index contributed by atoms with van der Waals surface area (Å²) in [4.78, 5) is 28.5. The number of unbranched alkanes of at least 4 members (excludes halogenated alkanes) is 1. The highest BCUT2D eigenvalue weighted by Gasteiger charge is 2.32. The van der Waals surface area contributed by atoms with Crippen LogP contribution in [0.1, 0.15) is 43.4 Å². The van der Waals surface area contributed by atoms with Crippen molar-refractivity contribution in [1.82, 2.24) is 10.2 Å². The maximum absolute atomic E-state index is 14.0. The molecule has 0 bridgehead atoms. The van der Waals surface area contributed by atoms with Crippen LogP contribution in [-0.4, -0.2) is 51.4 Å². The van der Waals surface area contributed by atoms with Crippen molar-refractivity contribution in [3.05, 3.63) is 87.9 Å². The van der Waals surface area contributed by atoms with Crippen molar-refractivity contribution < 1.29 is 22.7 Å². The number of aryl methyl sites for hydroxylation is 2. The molecule has 8 nitrogen and oxygen atoms in total. The van der Waals surface area contributed by atoms with E-state index < -0.39 is 28.5 Å². The Labute approximate surface area is 251 Å². The SMILES string of the molecule is CCCCNC(=O)[C@@H](C)N(Cc1cccc(C)c1)C(=O)CN(c1ccc(C)cc1)S(=O)(=O)c1ccc(OC)c(Br)c1. The number of ether oxygens (including phenoxy) is 1. The molecule has 1 atom stereocenters. The van der Waals surface area contributed by atoms with E-state index in [4.69, 9.17) is 4.74 Å². The summed E-state index contributed by atoms with van der Waals surface area (Å²) in [7, 11) is -2.69. The van der Waals surface area contributed by atoms with Crippen molar-refractivity contribution in [2.75, 3.05) is 24.5 Å². The molecule has 3 aromatic carbocycles. The Kier molecular flexibility index (Phi) is 11.4. The fourth-order valence-electron chi connectivity index (χ4n) is 4.30. The predicted octanol–water partition coefficient (Wildman–Crippen LogP) is 5.60. The largest absolute Gasteiger partial charge is 0.496 e. The molecule has 0 saturated heterocycles. The second kappa shape index (κ2) is 14.5. The Morgan fingerprint density at radius 3 is 2.32 bits per heavy atom. The first kappa shape index (κ1) is 32.1. The molecule has 41 heavy (non-hydrogen) atoms. The van der Waals surface area contributed by atoms with E-state index in [0.717, 1.165) is 33.8 Å². The molecule has 0 unspecified atom stereocenters. The molecule has 10 heteroatoms. The molecule has 0 aliphatic heterocycles. The molecule has 1 N–H and O–H groups in total. The van der Waals surface area contributed by atoms with Crippen LogP contribution in [0.4, 0.5) is 5.69 Å². The standard InChI is InChI=1S/C31H38BrN3O5S/c1-6-7-17-33-31(37)24(4)34(20-25-10-8-9-23(3)18-25)30(36)21-35(26-13-11-22(2)12-14-26)41(38,39)27-15-16-29(40-5)28(32)19-27/h8-16,18-19,24H,6-7,17,20-21H2,1-5H3,(H,33,37)/t24-/m1/s1. The van der Waals surface area contributed by atoms with Crippen molar-refractivity contribution >= 4 is 43.5 Å². The van der Waals surface area contributed by atoms with Gasteiger partial charge in [-0.25, -0.2) is 8.42 Å². The van der Waals surface area contributed by atoms with E-state index in [1.54, 1.807) is 37.3 Å². The van der Waals surface area contributed by atoms with E-state index in [2.05, 4.69) is 21.2 Å². The number of hydrogen-bond donors (Lipinski definition) is 1. The van der Waals surface area contributed by atoms with Crippen molar-refractivity contribution in [3.8, 4) is 5.75 Å². The Morgan fingerprint density at radius 2 is 1.71 bits per heavy atom. The Bertz CT molecular complexity index is 1460. The fraction of sp³-hybridized carbons (Fsp3) is 0.355. The summed E-state index contributed by atoms with van der Waals surface area (Å²) < 4.78 is 34.9. The smallest absolute Gasteiger partial charge is 0.264 e. The number of rotatable bonds is 13. The maximum atomic E-state index is 14.0. The van der Waals surface area contributed by atoms with E-state index in [1.807, 2.05) is 45.0 Å². The fourth-order valence-corrected chi connectivity index (χ4v) is 6.43. The number of carbonyl (C=O) groups excluding carboxylic acids is 2. The zero-order valence-corrected chi connectivity index (χ0v) is 26.6. The number of methoxy groups -OCH3 is 1. The van der Waals surface area contributed by atoms with Gasteiger partial charge in [0, 0.05) is 13.1 Å². The number of nitrogens with one attached hydrogen (secondary N) is 1. The van der Waals surface area contributed by atoms with Crippen LogP contribution in [-0.2, 0) is 26.2 Å². The minimum Gasteiger partial charge on any atom is -0.496 e. The van der Waals surface area contributed by atoms with Crippen LogP contribution in [0.25, 0.3) is 0 Å². The molecular weight excluding hydrogens is 606 g/mol. The van der Waals surface area contributed by atoms with Gasteiger partial charge in [0.25, 0.3) is 10.0 Å². The van der Waals surface area contributed by atoms with Crippen LogP contribution in [0.15, 0.2) is 76.1 Å². The number of amides is 2. The van der Waals surface area contributed by atoms with Crippen molar-refractivity contribution in [2.24, 2.45) is 0 Å². The molecule has 0 fully saturated rings. The molecule has 2 amide bonds. The highest BCUT2D eigenvalue weighted by Crippen LogP contribution is 2.31. The summed E-state index contributed by atoms with van der Waals surface area (Å²) in [6.45, 7) is 7.71. The minimum absolute atomic E-state index is 0.00542. The number of sulfonamides is 1. The van der Waals surface area contributed by atoms with Gasteiger partial charge in [0.2, 0.25) is 11.8 Å². The zero-order chi connectivity index (χ0) is 30.2. The second-order valence-electron chi connectivity index (χ2n) is 9.97. The lowest BCUT2D eigenvalue weighted by molar-refractivity contribution is -0.139. The van der Waals surface area contributed by atoms with Crippen LogP contribution < -0.4 is 14.4 Å². The van der Waals surface area contributed by atoms with E-state index in [9.17, 15) is 18.0 Å². The topological polar surface area (TPSA) is 96.0 Å². The normalized spacial score (nSPS) is 12.0. The molecule has 0 spiro atoms. The zero-order valence-electron chi connectivity index (χ0n) is 24.2. The molecule has 3 rings (SSSR count). The molecule has 0 saturated carbocycles. The van der Waals surface area contributed by atoms with Crippen LogP contribution in [0.3, 0.4) is 0 Å². The molecule has 220 valence electrons. The first-order valence-electron chi connectivity index (χ1n) is 13.5. The van der Waals surface area contributed by atoms with Gasteiger partial charge in [-0.1, -0.05) is 60.9 Å². The molecule has 0 aliphatic carbocycles. The maximum Gasteiger partial charge on any atom is 0.264 e. The van der Waals surface area contributed by atoms with E-state index in [1.165, 1.54) is 24.1 Å². The monoisotopic (exact) mass is 643 g/mol. The first-order valence-corrected chi connectivity index (χ1v) is 15.8. The minimum atomic E-state index is -4.19. The van der Waals surface area contributed by atoms with Crippen LogP contribution in [0.2, 0.25) is 0 Å². The van der Waals surface area contributed by atoms with Gasteiger partial charge in [0.05, 0.1) is 22.2 Å². The van der Waals surface area contributed by atoms with E-state index >= 15 is 0 Å². The number of carbonyl (C=O) groups is 2. The Hall–Kier alpha value is -3.37. The van der Waals surface area contributed by atoms with E-state index in [-0.39, 0.29) is 17.3 Å². The molecular formula is C31H38BrN3O5S. The predicted molar refractivity (Wildman–Crippen MR) is 166 cm³/mol. The van der Waals surface area contributed by atoms with Gasteiger partial charge in [-0.2, -0.15) is 0 Å². The lowest BCUT2D eigenvalue weighted by Gasteiger charge is -2.32. The van der Waals surface area contributed by atoms with Gasteiger partial charge in [-0.05, 0) is 79.0 Å². The summed E-state index contributed by atoms with van der Waals surface area (Å²) >= 11 is 3.36. The number of nitrogens with zero attached hydrogens (tertiary/aromatic N) is 2. The van der Waals surface area contributed by atoms with Crippen molar-refractivity contribution in [3.63, 3.8) is 0 Å². The summed E-state index contributed by atoms with van der Waals surface area (Å²) in [6.07, 6.45) is 1.74. The van der Waals surface area contributed by atoms with Crippen LogP contribution >= 0.6 is 15.9 Å². The molecule has 0 heterocycles. The van der Waals surface area contributed by atoms with Gasteiger partial charge < -0.3 is 15.0 Å². The summed E-state index contributed by atoms with van der Waals surface area (Å²) in [5.41, 5.74) is 3.15. The van der Waals surface area contributed by atoms with E-state index in [0.29, 0.717) is 22.5 Å². The van der Waals surface area contributed by atoms with Crippen LogP contribution in [0, 0.1) is 13.8 Å². The van der Waals surface area contributed by atoms with Crippen LogP contribution in [0.5, 0.6) is 5.75 Å². The number of hydrogen-bond acceptors (Lipinski definition) is 5. The third-order valence-electron chi connectivity index (χ3n) is 6.74.